The molecule has 30 heavy (non-hydrogen) atoms. The molecule has 0 fully saturated rings. The van der Waals surface area contributed by atoms with Crippen molar-refractivity contribution >= 4 is 44.2 Å². The normalized spacial score (nSPS) is 11.6. The summed E-state index contributed by atoms with van der Waals surface area (Å²) in [5.41, 5.74) is -1.16. The second kappa shape index (κ2) is 7.62. The molecule has 2 aromatic heterocycles. The van der Waals surface area contributed by atoms with Crippen LogP contribution >= 0.6 is 22.9 Å². The van der Waals surface area contributed by atoms with Gasteiger partial charge in [-0.1, -0.05) is 29.0 Å². The lowest BCUT2D eigenvalue weighted by Crippen LogP contribution is -2.20. The Morgan fingerprint density at radius 1 is 1.23 bits per heavy atom. The van der Waals surface area contributed by atoms with Gasteiger partial charge in [0, 0.05) is 5.02 Å². The molecule has 1 amide bonds. The van der Waals surface area contributed by atoms with E-state index in [9.17, 15) is 18.0 Å². The van der Waals surface area contributed by atoms with Crippen LogP contribution in [0.3, 0.4) is 0 Å². The van der Waals surface area contributed by atoms with Gasteiger partial charge in [0.15, 0.2) is 10.8 Å². The monoisotopic (exact) mass is 452 g/mol. The number of anilines is 1. The van der Waals surface area contributed by atoms with Gasteiger partial charge >= 0.3 is 6.18 Å². The number of nitrogens with one attached hydrogen (secondary N) is 1. The molecule has 2 heterocycles. The van der Waals surface area contributed by atoms with E-state index in [1.54, 1.807) is 18.2 Å². The van der Waals surface area contributed by atoms with E-state index in [0.717, 1.165) is 22.2 Å². The summed E-state index contributed by atoms with van der Waals surface area (Å²) in [5, 5.41) is 6.59. The summed E-state index contributed by atoms with van der Waals surface area (Å²) in [6.45, 7) is 0. The average Bonchev–Trinajstić information content (AvgIpc) is 3.31. The molecule has 0 radical (unpaired) electrons. The molecule has 6 nitrogen and oxygen atoms in total. The maximum Gasteiger partial charge on any atom is 0.434 e. The van der Waals surface area contributed by atoms with Crippen LogP contribution in [0.2, 0.25) is 5.02 Å². The molecule has 0 unspecified atom stereocenters. The van der Waals surface area contributed by atoms with Crippen LogP contribution < -0.4 is 10.1 Å². The number of benzene rings is 2. The van der Waals surface area contributed by atoms with Gasteiger partial charge in [0.05, 0.1) is 34.8 Å². The number of amides is 1. The van der Waals surface area contributed by atoms with E-state index in [-0.39, 0.29) is 15.8 Å². The summed E-state index contributed by atoms with van der Waals surface area (Å²) in [6.07, 6.45) is -3.96. The maximum absolute atomic E-state index is 13.8. The number of alkyl halides is 3. The predicted octanol–water partition coefficient (Wildman–Crippen LogP) is 5.42. The fourth-order valence-electron chi connectivity index (χ4n) is 2.84. The van der Waals surface area contributed by atoms with Gasteiger partial charge in [-0.05, 0) is 36.4 Å². The Morgan fingerprint density at radius 3 is 2.73 bits per heavy atom. The summed E-state index contributed by atoms with van der Waals surface area (Å²) in [4.78, 5) is 16.9. The lowest BCUT2D eigenvalue weighted by molar-refractivity contribution is -0.143. The van der Waals surface area contributed by atoms with Gasteiger partial charge in [-0.15, -0.1) is 0 Å². The van der Waals surface area contributed by atoms with Crippen molar-refractivity contribution in [1.29, 1.82) is 0 Å². The fourth-order valence-corrected chi connectivity index (χ4v) is 3.91. The van der Waals surface area contributed by atoms with E-state index in [2.05, 4.69) is 15.4 Å². The van der Waals surface area contributed by atoms with Crippen LogP contribution in [0.5, 0.6) is 5.75 Å². The van der Waals surface area contributed by atoms with Crippen LogP contribution in [0.25, 0.3) is 15.9 Å². The predicted molar refractivity (Wildman–Crippen MR) is 108 cm³/mol. The maximum atomic E-state index is 13.8. The Hall–Kier alpha value is -3.11. The van der Waals surface area contributed by atoms with Crippen LogP contribution in [0.1, 0.15) is 16.1 Å². The zero-order chi connectivity index (χ0) is 21.5. The third-order valence-corrected chi connectivity index (χ3v) is 5.32. The molecule has 11 heteroatoms. The zero-order valence-corrected chi connectivity index (χ0v) is 16.8. The Labute approximate surface area is 176 Å². The van der Waals surface area contributed by atoms with E-state index in [4.69, 9.17) is 16.3 Å². The molecular formula is C19H12ClF3N4O2S. The van der Waals surface area contributed by atoms with Gasteiger partial charge in [0.2, 0.25) is 0 Å². The van der Waals surface area contributed by atoms with Gasteiger partial charge in [0.1, 0.15) is 5.75 Å². The molecule has 1 N–H and O–H groups in total. The minimum atomic E-state index is -4.83. The first-order valence-corrected chi connectivity index (χ1v) is 9.63. The standard InChI is InChI=1S/C19H12ClF3N4O2S/c1-29-12-5-6-14-15(8-12)30-18(25-14)26-17(28)13-9-24-27(16(13)19(21,22)23)11-4-2-3-10(20)7-11/h2-9H,1H3,(H,25,26,28). The second-order valence-corrected chi connectivity index (χ2v) is 7.57. The molecule has 2 aromatic carbocycles. The van der Waals surface area contributed by atoms with Crippen molar-refractivity contribution in [3.63, 3.8) is 0 Å². The highest BCUT2D eigenvalue weighted by atomic mass is 35.5. The summed E-state index contributed by atoms with van der Waals surface area (Å²) in [7, 11) is 1.52. The lowest BCUT2D eigenvalue weighted by atomic mass is 10.2. The number of rotatable bonds is 4. The Bertz CT molecular complexity index is 1250. The van der Waals surface area contributed by atoms with E-state index < -0.39 is 23.3 Å². The number of hydrogen-bond acceptors (Lipinski definition) is 5. The molecule has 0 aliphatic carbocycles. The summed E-state index contributed by atoms with van der Waals surface area (Å²) in [5.74, 6) is -0.368. The topological polar surface area (TPSA) is 69.0 Å². The van der Waals surface area contributed by atoms with Crippen molar-refractivity contribution in [2.45, 2.75) is 6.18 Å². The van der Waals surface area contributed by atoms with Gasteiger partial charge in [-0.2, -0.15) is 18.3 Å². The van der Waals surface area contributed by atoms with Crippen LogP contribution in [-0.2, 0) is 6.18 Å². The van der Waals surface area contributed by atoms with Crippen molar-refractivity contribution in [2.24, 2.45) is 0 Å². The summed E-state index contributed by atoms with van der Waals surface area (Å²) in [6, 6.07) is 10.9. The van der Waals surface area contributed by atoms with Gasteiger partial charge in [-0.3, -0.25) is 10.1 Å². The first-order valence-electron chi connectivity index (χ1n) is 8.43. The highest BCUT2D eigenvalue weighted by Crippen LogP contribution is 2.35. The highest BCUT2D eigenvalue weighted by Gasteiger charge is 2.40. The number of methoxy groups -OCH3 is 1. The number of halogens is 4. The second-order valence-electron chi connectivity index (χ2n) is 6.10. The minimum Gasteiger partial charge on any atom is -0.497 e. The van der Waals surface area contributed by atoms with Gasteiger partial charge < -0.3 is 4.74 Å². The molecule has 0 saturated carbocycles. The third kappa shape index (κ3) is 3.83. The molecule has 0 saturated heterocycles. The lowest BCUT2D eigenvalue weighted by Gasteiger charge is -2.12. The van der Waals surface area contributed by atoms with Crippen LogP contribution in [0.4, 0.5) is 18.3 Å². The summed E-state index contributed by atoms with van der Waals surface area (Å²) >= 11 is 7.00. The van der Waals surface area contributed by atoms with Crippen molar-refractivity contribution in [2.75, 3.05) is 12.4 Å². The van der Waals surface area contributed by atoms with E-state index in [1.165, 1.54) is 31.4 Å². The fraction of sp³-hybridized carbons (Fsp3) is 0.105. The Kier molecular flexibility index (Phi) is 5.12. The summed E-state index contributed by atoms with van der Waals surface area (Å²) < 4.78 is 47.8. The van der Waals surface area contributed by atoms with Gasteiger partial charge in [-0.25, -0.2) is 9.67 Å². The van der Waals surface area contributed by atoms with Crippen LogP contribution in [0.15, 0.2) is 48.7 Å². The molecular weight excluding hydrogens is 441 g/mol. The molecule has 154 valence electrons. The van der Waals surface area contributed by atoms with Crippen LogP contribution in [-0.4, -0.2) is 27.8 Å². The molecule has 4 aromatic rings. The molecule has 0 bridgehead atoms. The van der Waals surface area contributed by atoms with Gasteiger partial charge in [0.25, 0.3) is 5.91 Å². The van der Waals surface area contributed by atoms with Crippen LogP contribution in [0, 0.1) is 0 Å². The van der Waals surface area contributed by atoms with E-state index >= 15 is 0 Å². The van der Waals surface area contributed by atoms with Crippen molar-refractivity contribution in [3.8, 4) is 11.4 Å². The van der Waals surface area contributed by atoms with Crippen molar-refractivity contribution < 1.29 is 22.7 Å². The molecule has 0 aliphatic heterocycles. The number of ether oxygens (including phenoxy) is 1. The number of aromatic nitrogens is 3. The quantitative estimate of drug-likeness (QED) is 0.449. The third-order valence-electron chi connectivity index (χ3n) is 4.15. The first-order chi connectivity index (χ1) is 14.3. The largest absolute Gasteiger partial charge is 0.497 e. The SMILES string of the molecule is COc1ccc2nc(NC(=O)c3cnn(-c4cccc(Cl)c4)c3C(F)(F)F)sc2c1. The zero-order valence-electron chi connectivity index (χ0n) is 15.2. The molecule has 0 atom stereocenters. The first kappa shape index (κ1) is 20.2. The van der Waals surface area contributed by atoms with Crippen molar-refractivity contribution in [3.05, 3.63) is 64.9 Å². The van der Waals surface area contributed by atoms with Crippen molar-refractivity contribution in [1.82, 2.24) is 14.8 Å². The number of carbonyl (C=O) groups excluding carboxylic acids is 1. The average molecular weight is 453 g/mol. The number of thiazole rings is 1. The number of carbonyl (C=O) groups is 1. The number of fused-ring (bicyclic) bond motifs is 1. The Balaban J connectivity index is 1.70. The van der Waals surface area contributed by atoms with E-state index in [0.29, 0.717) is 15.9 Å². The molecule has 4 rings (SSSR count). The molecule has 0 spiro atoms. The smallest absolute Gasteiger partial charge is 0.434 e. The Morgan fingerprint density at radius 2 is 2.03 bits per heavy atom. The number of nitrogens with zero attached hydrogens (tertiary/aromatic N) is 3. The minimum absolute atomic E-state index is 0.0842. The number of hydrogen-bond donors (Lipinski definition) is 1. The van der Waals surface area contributed by atoms with E-state index in [1.807, 2.05) is 0 Å². The molecule has 0 aliphatic rings. The highest BCUT2D eigenvalue weighted by molar-refractivity contribution is 7.22.